The van der Waals surface area contributed by atoms with Gasteiger partial charge < -0.3 is 27.3 Å². The van der Waals surface area contributed by atoms with Gasteiger partial charge in [0.25, 0.3) is 0 Å². The summed E-state index contributed by atoms with van der Waals surface area (Å²) in [7, 11) is 0. The highest BCUT2D eigenvalue weighted by atomic mass is 35.5. The lowest BCUT2D eigenvalue weighted by Crippen LogP contribution is -3.00. The van der Waals surface area contributed by atoms with Gasteiger partial charge in [0.2, 0.25) is 5.36 Å². The average molecular weight is 465 g/mol. The number of halogens is 1. The smallest absolute Gasteiger partial charge is 0.338 e. The number of benzene rings is 3. The number of nitrogens with two attached hydrogens (primary N) is 1. The zero-order valence-corrected chi connectivity index (χ0v) is 20.2. The van der Waals surface area contributed by atoms with Crippen molar-refractivity contribution in [2.24, 2.45) is 0 Å². The Morgan fingerprint density at radius 3 is 2.42 bits per heavy atom. The van der Waals surface area contributed by atoms with Gasteiger partial charge in [0.05, 0.1) is 18.2 Å². The lowest BCUT2D eigenvalue weighted by atomic mass is 9.90. The van der Waals surface area contributed by atoms with Gasteiger partial charge in [-0.2, -0.15) is 0 Å². The third-order valence-corrected chi connectivity index (χ3v) is 5.91. The highest BCUT2D eigenvalue weighted by Crippen LogP contribution is 2.42. The van der Waals surface area contributed by atoms with Crippen molar-refractivity contribution >= 4 is 22.6 Å². The number of ether oxygens (including phenoxy) is 1. The van der Waals surface area contributed by atoms with Crippen LogP contribution in [0, 0.1) is 6.92 Å². The Morgan fingerprint density at radius 1 is 1.00 bits per heavy atom. The van der Waals surface area contributed by atoms with Crippen LogP contribution in [-0.4, -0.2) is 25.7 Å². The minimum absolute atomic E-state index is 0. The molecule has 0 saturated carbocycles. The monoisotopic (exact) mass is 464 g/mol. The van der Waals surface area contributed by atoms with Crippen molar-refractivity contribution < 1.29 is 26.4 Å². The van der Waals surface area contributed by atoms with E-state index in [1.807, 2.05) is 50.2 Å². The average Bonchev–Trinajstić information content (AvgIpc) is 2.79. The van der Waals surface area contributed by atoms with Crippen LogP contribution in [0.1, 0.15) is 36.7 Å². The first-order valence-corrected chi connectivity index (χ1v) is 11.1. The van der Waals surface area contributed by atoms with Crippen LogP contribution in [0.5, 0.6) is 0 Å². The van der Waals surface area contributed by atoms with Gasteiger partial charge in [0.1, 0.15) is 24.4 Å². The second-order valence-corrected chi connectivity index (χ2v) is 7.80. The Hall–Kier alpha value is -3.31. The minimum Gasteiger partial charge on any atom is -1.00 e. The number of hydrogen-bond acceptors (Lipinski definition) is 4. The number of aryl methyl sites for hydroxylation is 1. The summed E-state index contributed by atoms with van der Waals surface area (Å²) in [4.78, 5) is 12.8. The predicted octanol–water partition coefficient (Wildman–Crippen LogP) is 2.09. The summed E-state index contributed by atoms with van der Waals surface area (Å²) >= 11 is 0. The van der Waals surface area contributed by atoms with E-state index >= 15 is 0 Å². The molecule has 1 aliphatic carbocycles. The zero-order valence-electron chi connectivity index (χ0n) is 19.4. The van der Waals surface area contributed by atoms with E-state index < -0.39 is 0 Å². The molecule has 6 heteroatoms. The van der Waals surface area contributed by atoms with Crippen LogP contribution >= 0.6 is 0 Å². The molecule has 1 heterocycles. The van der Waals surface area contributed by atoms with Crippen LogP contribution in [-0.2, 0) is 4.74 Å². The molecule has 33 heavy (non-hydrogen) atoms. The van der Waals surface area contributed by atoms with E-state index in [2.05, 4.69) is 36.6 Å². The molecule has 0 spiro atoms. The van der Waals surface area contributed by atoms with Crippen molar-refractivity contribution in [3.63, 3.8) is 0 Å². The number of fused-ring (bicyclic) bond motifs is 2. The molecule has 5 nitrogen and oxygen atoms in total. The molecule has 1 aliphatic heterocycles. The number of nitrogen functional groups attached to an aromatic ring is 1. The number of nitrogens with zero attached hydrogens (tertiary/aromatic N) is 1. The van der Waals surface area contributed by atoms with E-state index in [1.165, 1.54) is 0 Å². The first-order chi connectivity index (χ1) is 15.5. The number of esters is 1. The van der Waals surface area contributed by atoms with E-state index in [-0.39, 0.29) is 18.4 Å². The van der Waals surface area contributed by atoms with Gasteiger partial charge in [0, 0.05) is 34.3 Å². The van der Waals surface area contributed by atoms with Crippen LogP contribution < -0.4 is 28.1 Å². The molecule has 0 fully saturated rings. The predicted molar refractivity (Wildman–Crippen MR) is 130 cm³/mol. The van der Waals surface area contributed by atoms with Crippen LogP contribution in [0.15, 0.2) is 59.0 Å². The third kappa shape index (κ3) is 4.46. The van der Waals surface area contributed by atoms with Crippen molar-refractivity contribution in [3.8, 4) is 22.5 Å². The molecule has 172 valence electrons. The highest BCUT2D eigenvalue weighted by molar-refractivity contribution is 6.08. The molecular formula is C27H29ClN2O3. The molecule has 0 unspecified atom stereocenters. The van der Waals surface area contributed by atoms with Crippen LogP contribution in [0.3, 0.4) is 0 Å². The first kappa shape index (κ1) is 24.3. The molecule has 2 aromatic carbocycles. The second kappa shape index (κ2) is 10.1. The van der Waals surface area contributed by atoms with Crippen molar-refractivity contribution in [1.82, 2.24) is 4.58 Å². The van der Waals surface area contributed by atoms with Crippen molar-refractivity contribution in [2.45, 2.75) is 27.7 Å². The fraction of sp³-hybridized carbons (Fsp3) is 0.259. The number of hydrogen-bond donors (Lipinski definition) is 1. The molecule has 4 rings (SSSR count). The van der Waals surface area contributed by atoms with E-state index in [1.54, 1.807) is 0 Å². The number of carbonyl (C=O) groups excluding carboxylic acids is 1. The lowest BCUT2D eigenvalue weighted by Gasteiger charge is -2.18. The fourth-order valence-corrected chi connectivity index (χ4v) is 4.21. The van der Waals surface area contributed by atoms with E-state index in [9.17, 15) is 4.79 Å². The van der Waals surface area contributed by atoms with Crippen molar-refractivity contribution in [2.75, 3.05) is 25.4 Å². The summed E-state index contributed by atoms with van der Waals surface area (Å²) in [5, 5.41) is 2.01. The Balaban J connectivity index is 0.00000306. The van der Waals surface area contributed by atoms with Crippen molar-refractivity contribution in [1.29, 1.82) is 0 Å². The summed E-state index contributed by atoms with van der Waals surface area (Å²) in [6.45, 7) is 10.2. The molecule has 0 radical (unpaired) electrons. The summed E-state index contributed by atoms with van der Waals surface area (Å²) in [5.74, 6) is 0.413. The van der Waals surface area contributed by atoms with Gasteiger partial charge in [0.15, 0.2) is 0 Å². The molecular weight excluding hydrogens is 436 g/mol. The lowest BCUT2D eigenvalue weighted by molar-refractivity contribution is -0.0000251. The molecule has 0 atom stereocenters. The standard InChI is InChI=1S/C27H28N2O3.ClH/c1-5-29(6-2)18-12-13-21-24(15-18)32-25-16-23(28)17(4)14-22(25)26(21)19-10-8-9-11-20(19)27(30)31-7-3;/h8-16,28H,5-7H2,1-4H3;1H. The fourth-order valence-electron chi connectivity index (χ4n) is 4.21. The van der Waals surface area contributed by atoms with E-state index in [0.717, 1.165) is 51.8 Å². The maximum Gasteiger partial charge on any atom is 0.338 e. The Morgan fingerprint density at radius 2 is 1.73 bits per heavy atom. The van der Waals surface area contributed by atoms with Crippen LogP contribution in [0.25, 0.3) is 33.4 Å². The third-order valence-electron chi connectivity index (χ3n) is 5.91. The molecule has 0 saturated heterocycles. The molecule has 0 bridgehead atoms. The summed E-state index contributed by atoms with van der Waals surface area (Å²) < 4.78 is 14.0. The van der Waals surface area contributed by atoms with E-state index in [0.29, 0.717) is 23.4 Å². The van der Waals surface area contributed by atoms with Gasteiger partial charge in [-0.1, -0.05) is 18.2 Å². The second-order valence-electron chi connectivity index (χ2n) is 7.80. The normalized spacial score (nSPS) is 10.8. The Bertz CT molecular complexity index is 1350. The summed E-state index contributed by atoms with van der Waals surface area (Å²) in [5.41, 5.74) is 11.8. The topological polar surface area (TPSA) is 68.5 Å². The quantitative estimate of drug-likeness (QED) is 0.212. The van der Waals surface area contributed by atoms with Gasteiger partial charge in [-0.05, 0) is 57.0 Å². The largest absolute Gasteiger partial charge is 1.00 e. The number of anilines is 1. The van der Waals surface area contributed by atoms with Gasteiger partial charge in [-0.15, -0.1) is 0 Å². The minimum atomic E-state index is -0.336. The molecule has 0 amide bonds. The van der Waals surface area contributed by atoms with Crippen molar-refractivity contribution in [3.05, 3.63) is 71.1 Å². The molecule has 0 aromatic heterocycles. The Kier molecular flexibility index (Phi) is 7.44. The zero-order chi connectivity index (χ0) is 22.8. The highest BCUT2D eigenvalue weighted by Gasteiger charge is 2.23. The maximum absolute atomic E-state index is 12.8. The van der Waals surface area contributed by atoms with Crippen LogP contribution in [0.2, 0.25) is 0 Å². The molecule has 2 aliphatic rings. The first-order valence-electron chi connectivity index (χ1n) is 11.1. The van der Waals surface area contributed by atoms with Gasteiger partial charge in [-0.25, -0.2) is 9.37 Å². The van der Waals surface area contributed by atoms with Gasteiger partial charge >= 0.3 is 5.97 Å². The SMILES string of the molecule is CCOC(=O)c1ccccc1-c1c2ccc(=[N+](CC)CC)cc-2oc2cc(N)c(C)cc12.[Cl-]. The Labute approximate surface area is 200 Å². The summed E-state index contributed by atoms with van der Waals surface area (Å²) in [6.07, 6.45) is 0. The van der Waals surface area contributed by atoms with Crippen LogP contribution in [0.4, 0.5) is 5.69 Å². The molecule has 2 aromatic rings. The van der Waals surface area contributed by atoms with E-state index in [4.69, 9.17) is 14.9 Å². The summed E-state index contributed by atoms with van der Waals surface area (Å²) in [6, 6.07) is 17.7. The van der Waals surface area contributed by atoms with Gasteiger partial charge in [-0.3, -0.25) is 0 Å². The maximum atomic E-state index is 12.8. The molecule has 2 N–H and O–H groups in total. The number of rotatable bonds is 5. The number of carbonyl (C=O) groups is 1.